The van der Waals surface area contributed by atoms with Crippen molar-refractivity contribution in [1.29, 1.82) is 0 Å². The van der Waals surface area contributed by atoms with E-state index in [1.807, 2.05) is 0 Å². The van der Waals surface area contributed by atoms with E-state index in [0.717, 1.165) is 25.7 Å². The van der Waals surface area contributed by atoms with Gasteiger partial charge in [-0.2, -0.15) is 0 Å². The lowest BCUT2D eigenvalue weighted by Crippen LogP contribution is -2.43. The van der Waals surface area contributed by atoms with Gasteiger partial charge in [-0.05, 0) is 50.9 Å². The third-order valence-corrected chi connectivity index (χ3v) is 5.25. The first-order valence-electron chi connectivity index (χ1n) is 6.49. The molecule has 0 amide bonds. The normalized spacial score (nSPS) is 39.9. The molecule has 0 saturated heterocycles. The molecule has 0 aromatic rings. The minimum atomic E-state index is 0.0695. The van der Waals surface area contributed by atoms with Crippen molar-refractivity contribution >= 4 is 0 Å². The maximum Gasteiger partial charge on any atom is 0.0498 e. The fraction of sp³-hybridized carbons (Fsp3) is 0.733. The van der Waals surface area contributed by atoms with E-state index in [2.05, 4.69) is 26.5 Å². The lowest BCUT2D eigenvalue weighted by Gasteiger charge is -2.48. The average molecular weight is 220 g/mol. The van der Waals surface area contributed by atoms with Crippen LogP contribution in [0.2, 0.25) is 0 Å². The van der Waals surface area contributed by atoms with Gasteiger partial charge in [-0.1, -0.05) is 30.7 Å². The topological polar surface area (TPSA) is 20.2 Å². The Labute approximate surface area is 99.3 Å². The van der Waals surface area contributed by atoms with Crippen LogP contribution in [-0.2, 0) is 0 Å². The number of rotatable bonds is 2. The molecule has 0 heterocycles. The number of hydrogen-bond acceptors (Lipinski definition) is 1. The molecule has 1 nitrogen and oxygen atoms in total. The molecule has 2 rings (SSSR count). The monoisotopic (exact) mass is 220 g/mol. The summed E-state index contributed by atoms with van der Waals surface area (Å²) in [5, 5.41) is 9.90. The van der Waals surface area contributed by atoms with Crippen LogP contribution >= 0.6 is 0 Å². The summed E-state index contributed by atoms with van der Waals surface area (Å²) < 4.78 is 0. The molecule has 0 bridgehead atoms. The molecule has 0 aromatic carbocycles. The highest BCUT2D eigenvalue weighted by Crippen LogP contribution is 2.58. The lowest BCUT2D eigenvalue weighted by atomic mass is 9.56. The standard InChI is InChI=1S/C15H24O/c1-12-6-9-15(11-16,10-7-12)14(3)8-4-5-13(14)2/h6,16H,2,4-5,7-11H2,1,3H3. The highest BCUT2D eigenvalue weighted by Gasteiger charge is 2.50. The summed E-state index contributed by atoms with van der Waals surface area (Å²) in [6, 6.07) is 0. The molecule has 2 unspecified atom stereocenters. The van der Waals surface area contributed by atoms with Gasteiger partial charge in [-0.25, -0.2) is 0 Å². The molecule has 0 aromatic heterocycles. The fourth-order valence-corrected chi connectivity index (χ4v) is 3.58. The van der Waals surface area contributed by atoms with Gasteiger partial charge in [0.25, 0.3) is 0 Å². The Morgan fingerprint density at radius 1 is 1.38 bits per heavy atom. The molecule has 1 N–H and O–H groups in total. The Bertz CT molecular complexity index is 328. The molecule has 0 spiro atoms. The van der Waals surface area contributed by atoms with E-state index < -0.39 is 0 Å². The Kier molecular flexibility index (Phi) is 3.00. The number of allylic oxidation sites excluding steroid dienone is 3. The predicted octanol–water partition coefficient (Wildman–Crippen LogP) is 3.84. The minimum absolute atomic E-state index is 0.0695. The van der Waals surface area contributed by atoms with E-state index in [0.29, 0.717) is 6.61 Å². The van der Waals surface area contributed by atoms with Crippen molar-refractivity contribution in [1.82, 2.24) is 0 Å². The van der Waals surface area contributed by atoms with Crippen LogP contribution in [0.5, 0.6) is 0 Å². The highest BCUT2D eigenvalue weighted by molar-refractivity contribution is 5.23. The Morgan fingerprint density at radius 3 is 2.56 bits per heavy atom. The molecule has 1 heteroatoms. The van der Waals surface area contributed by atoms with Gasteiger partial charge in [-0.15, -0.1) is 0 Å². The molecule has 2 aliphatic rings. The van der Waals surface area contributed by atoms with Gasteiger partial charge < -0.3 is 5.11 Å². The van der Waals surface area contributed by atoms with Crippen LogP contribution in [0.1, 0.15) is 52.4 Å². The Morgan fingerprint density at radius 2 is 2.12 bits per heavy atom. The van der Waals surface area contributed by atoms with Crippen molar-refractivity contribution in [2.45, 2.75) is 52.4 Å². The molecule has 90 valence electrons. The number of aliphatic hydroxyl groups is 1. The minimum Gasteiger partial charge on any atom is -0.396 e. The quantitative estimate of drug-likeness (QED) is 0.701. The summed E-state index contributed by atoms with van der Waals surface area (Å²) in [5.41, 5.74) is 3.09. The van der Waals surface area contributed by atoms with Gasteiger partial charge in [0.2, 0.25) is 0 Å². The van der Waals surface area contributed by atoms with Crippen LogP contribution in [0.4, 0.5) is 0 Å². The summed E-state index contributed by atoms with van der Waals surface area (Å²) in [4.78, 5) is 0. The van der Waals surface area contributed by atoms with Crippen molar-refractivity contribution in [3.05, 3.63) is 23.8 Å². The van der Waals surface area contributed by atoms with Crippen molar-refractivity contribution in [2.24, 2.45) is 10.8 Å². The van der Waals surface area contributed by atoms with E-state index in [4.69, 9.17) is 0 Å². The van der Waals surface area contributed by atoms with Gasteiger partial charge in [-0.3, -0.25) is 0 Å². The van der Waals surface area contributed by atoms with Gasteiger partial charge in [0.15, 0.2) is 0 Å². The molecule has 16 heavy (non-hydrogen) atoms. The zero-order valence-corrected chi connectivity index (χ0v) is 10.7. The van der Waals surface area contributed by atoms with Crippen molar-refractivity contribution in [3.8, 4) is 0 Å². The molecule has 1 fully saturated rings. The first kappa shape index (κ1) is 11.9. The Hall–Kier alpha value is -0.560. The maximum atomic E-state index is 9.90. The number of aliphatic hydroxyl groups excluding tert-OH is 1. The van der Waals surface area contributed by atoms with Crippen molar-refractivity contribution in [3.63, 3.8) is 0 Å². The third-order valence-electron chi connectivity index (χ3n) is 5.25. The lowest BCUT2D eigenvalue weighted by molar-refractivity contribution is 0.00917. The Balaban J connectivity index is 2.31. The van der Waals surface area contributed by atoms with Crippen LogP contribution < -0.4 is 0 Å². The van der Waals surface area contributed by atoms with Crippen molar-refractivity contribution in [2.75, 3.05) is 6.61 Å². The van der Waals surface area contributed by atoms with E-state index in [1.165, 1.54) is 24.0 Å². The first-order valence-corrected chi connectivity index (χ1v) is 6.49. The fourth-order valence-electron chi connectivity index (χ4n) is 3.58. The summed E-state index contributed by atoms with van der Waals surface area (Å²) in [6.07, 6.45) is 9.24. The van der Waals surface area contributed by atoms with Crippen LogP contribution in [-0.4, -0.2) is 11.7 Å². The molecule has 0 aliphatic heterocycles. The summed E-state index contributed by atoms with van der Waals surface area (Å²) >= 11 is 0. The molecular weight excluding hydrogens is 196 g/mol. The van der Waals surface area contributed by atoms with E-state index in [-0.39, 0.29) is 10.8 Å². The third kappa shape index (κ3) is 1.57. The largest absolute Gasteiger partial charge is 0.396 e. The van der Waals surface area contributed by atoms with E-state index in [9.17, 15) is 5.11 Å². The van der Waals surface area contributed by atoms with Crippen LogP contribution in [0.15, 0.2) is 23.8 Å². The second-order valence-corrected chi connectivity index (χ2v) is 5.98. The van der Waals surface area contributed by atoms with Gasteiger partial charge in [0, 0.05) is 12.0 Å². The zero-order chi connectivity index (χ0) is 11.8. The predicted molar refractivity (Wildman–Crippen MR) is 68.2 cm³/mol. The van der Waals surface area contributed by atoms with Gasteiger partial charge in [0.05, 0.1) is 0 Å². The van der Waals surface area contributed by atoms with Crippen LogP contribution in [0.3, 0.4) is 0 Å². The number of hydrogen-bond donors (Lipinski definition) is 1. The molecule has 2 aliphatic carbocycles. The summed E-state index contributed by atoms with van der Waals surface area (Å²) in [5.74, 6) is 0. The highest BCUT2D eigenvalue weighted by atomic mass is 16.3. The van der Waals surface area contributed by atoms with E-state index >= 15 is 0 Å². The summed E-state index contributed by atoms with van der Waals surface area (Å²) in [6.45, 7) is 9.10. The SMILES string of the molecule is C=C1CCCC1(C)C1(CO)CC=C(C)CC1. The molecule has 1 saturated carbocycles. The molecule has 0 radical (unpaired) electrons. The second-order valence-electron chi connectivity index (χ2n) is 5.98. The van der Waals surface area contributed by atoms with E-state index in [1.54, 1.807) is 0 Å². The maximum absolute atomic E-state index is 9.90. The van der Waals surface area contributed by atoms with Crippen LogP contribution in [0, 0.1) is 10.8 Å². The second kappa shape index (κ2) is 4.03. The average Bonchev–Trinajstić information content (AvgIpc) is 2.62. The van der Waals surface area contributed by atoms with Gasteiger partial charge >= 0.3 is 0 Å². The zero-order valence-electron chi connectivity index (χ0n) is 10.7. The van der Waals surface area contributed by atoms with Crippen LogP contribution in [0.25, 0.3) is 0 Å². The summed E-state index contributed by atoms with van der Waals surface area (Å²) in [7, 11) is 0. The smallest absolute Gasteiger partial charge is 0.0498 e. The molecular formula is C15H24O. The molecule has 2 atom stereocenters. The van der Waals surface area contributed by atoms with Gasteiger partial charge in [0.1, 0.15) is 0 Å². The van der Waals surface area contributed by atoms with Crippen molar-refractivity contribution < 1.29 is 5.11 Å². The first-order chi connectivity index (χ1) is 7.54.